The quantitative estimate of drug-likeness (QED) is 0.780. The summed E-state index contributed by atoms with van der Waals surface area (Å²) < 4.78 is 25.5. The number of hydrogen-bond donors (Lipinski definition) is 2. The van der Waals surface area contributed by atoms with Crippen molar-refractivity contribution in [3.8, 4) is 11.5 Å². The van der Waals surface area contributed by atoms with Crippen molar-refractivity contribution in [2.75, 3.05) is 20.3 Å². The number of hydrogen-bond acceptors (Lipinski definition) is 4. The highest BCUT2D eigenvalue weighted by atomic mass is 19.1. The molecule has 5 nitrogen and oxygen atoms in total. The maximum atomic E-state index is 14.4. The second-order valence-corrected chi connectivity index (χ2v) is 7.28. The van der Waals surface area contributed by atoms with Crippen LogP contribution in [0.15, 0.2) is 12.1 Å². The molecule has 0 spiro atoms. The van der Waals surface area contributed by atoms with Gasteiger partial charge in [0.2, 0.25) is 5.91 Å². The molecule has 1 amide bonds. The molecule has 0 radical (unpaired) electrons. The van der Waals surface area contributed by atoms with Gasteiger partial charge in [-0.1, -0.05) is 19.3 Å². The van der Waals surface area contributed by atoms with Gasteiger partial charge < -0.3 is 20.1 Å². The molecule has 0 aromatic heterocycles. The fourth-order valence-corrected chi connectivity index (χ4v) is 3.79. The van der Waals surface area contributed by atoms with Gasteiger partial charge in [0.25, 0.3) is 0 Å². The molecule has 2 fully saturated rings. The van der Waals surface area contributed by atoms with Crippen molar-refractivity contribution in [1.82, 2.24) is 10.6 Å². The van der Waals surface area contributed by atoms with E-state index >= 15 is 0 Å². The Hall–Kier alpha value is -1.82. The number of amides is 1. The average molecular weight is 364 g/mol. The van der Waals surface area contributed by atoms with Crippen molar-refractivity contribution in [3.05, 3.63) is 23.5 Å². The number of carbonyl (C=O) groups is 1. The lowest BCUT2D eigenvalue weighted by molar-refractivity contribution is -0.122. The van der Waals surface area contributed by atoms with Gasteiger partial charge in [-0.05, 0) is 44.2 Å². The Labute approximate surface area is 154 Å². The fraction of sp³-hybridized carbons (Fsp3) is 0.650. The van der Waals surface area contributed by atoms with Gasteiger partial charge in [0, 0.05) is 18.2 Å². The summed E-state index contributed by atoms with van der Waals surface area (Å²) in [4.78, 5) is 12.1. The lowest BCUT2D eigenvalue weighted by Gasteiger charge is -2.22. The molecule has 26 heavy (non-hydrogen) atoms. The number of carbonyl (C=O) groups excluding carboxylic acids is 1. The highest BCUT2D eigenvalue weighted by Gasteiger charge is 2.22. The van der Waals surface area contributed by atoms with E-state index in [1.54, 1.807) is 13.2 Å². The van der Waals surface area contributed by atoms with E-state index < -0.39 is 5.82 Å². The Kier molecular flexibility index (Phi) is 6.72. The summed E-state index contributed by atoms with van der Waals surface area (Å²) in [6.45, 7) is 1.65. The molecule has 1 saturated carbocycles. The predicted octanol–water partition coefficient (Wildman–Crippen LogP) is 3.16. The number of halogens is 1. The standard InChI is InChI=1S/C20H29FN2O3/c1-25-18-11-19(26-13-14-6-3-2-4-7-14)16(21)10-15(18)12-23-20(24)17-8-5-9-22-17/h10-11,14,17,22H,2-9,12-13H2,1H3,(H,23,24)/t17-/m0/s1. The molecule has 1 aromatic carbocycles. The van der Waals surface area contributed by atoms with Crippen LogP contribution in [0.2, 0.25) is 0 Å². The van der Waals surface area contributed by atoms with Gasteiger partial charge in [0.05, 0.1) is 19.8 Å². The van der Waals surface area contributed by atoms with Crippen LogP contribution in [0.1, 0.15) is 50.5 Å². The number of rotatable bonds is 7. The van der Waals surface area contributed by atoms with Crippen LogP contribution in [0.25, 0.3) is 0 Å². The third-order valence-electron chi connectivity index (χ3n) is 5.36. The first-order valence-electron chi connectivity index (χ1n) is 9.67. The van der Waals surface area contributed by atoms with Gasteiger partial charge in [-0.25, -0.2) is 4.39 Å². The van der Waals surface area contributed by atoms with Gasteiger partial charge in [-0.3, -0.25) is 4.79 Å². The first kappa shape index (κ1) is 19.0. The number of methoxy groups -OCH3 is 1. The molecular formula is C20H29FN2O3. The Morgan fingerprint density at radius 3 is 2.69 bits per heavy atom. The van der Waals surface area contributed by atoms with Gasteiger partial charge in [-0.2, -0.15) is 0 Å². The van der Waals surface area contributed by atoms with Crippen LogP contribution < -0.4 is 20.1 Å². The summed E-state index contributed by atoms with van der Waals surface area (Å²) in [5.74, 6) is 0.796. The van der Waals surface area contributed by atoms with Crippen molar-refractivity contribution < 1.29 is 18.7 Å². The van der Waals surface area contributed by atoms with Gasteiger partial charge in [-0.15, -0.1) is 0 Å². The first-order valence-corrected chi connectivity index (χ1v) is 9.67. The summed E-state index contributed by atoms with van der Waals surface area (Å²) in [6.07, 6.45) is 7.89. The van der Waals surface area contributed by atoms with E-state index in [0.29, 0.717) is 23.8 Å². The molecule has 1 aliphatic heterocycles. The van der Waals surface area contributed by atoms with Crippen LogP contribution in [0, 0.1) is 11.7 Å². The molecule has 3 rings (SSSR count). The molecule has 6 heteroatoms. The van der Waals surface area contributed by atoms with Gasteiger partial charge in [0.15, 0.2) is 11.6 Å². The Morgan fingerprint density at radius 2 is 2.00 bits per heavy atom. The molecule has 2 aliphatic rings. The summed E-state index contributed by atoms with van der Waals surface area (Å²) in [5, 5.41) is 6.01. The molecule has 1 atom stereocenters. The normalized spacial score (nSPS) is 20.8. The maximum Gasteiger partial charge on any atom is 0.237 e. The number of ether oxygens (including phenoxy) is 2. The monoisotopic (exact) mass is 364 g/mol. The minimum atomic E-state index is -0.412. The minimum absolute atomic E-state index is 0.0532. The summed E-state index contributed by atoms with van der Waals surface area (Å²) >= 11 is 0. The van der Waals surface area contributed by atoms with E-state index in [1.165, 1.54) is 25.3 Å². The third-order valence-corrected chi connectivity index (χ3v) is 5.36. The summed E-state index contributed by atoms with van der Waals surface area (Å²) in [7, 11) is 1.54. The average Bonchev–Trinajstić information content (AvgIpc) is 3.21. The second-order valence-electron chi connectivity index (χ2n) is 7.28. The summed E-state index contributed by atoms with van der Waals surface area (Å²) in [6, 6.07) is 2.84. The SMILES string of the molecule is COc1cc(OCC2CCCCC2)c(F)cc1CNC(=O)[C@@H]1CCCN1. The number of benzene rings is 1. The van der Waals surface area contributed by atoms with E-state index in [2.05, 4.69) is 10.6 Å². The smallest absolute Gasteiger partial charge is 0.237 e. The zero-order valence-electron chi connectivity index (χ0n) is 15.5. The van der Waals surface area contributed by atoms with Crippen molar-refractivity contribution in [3.63, 3.8) is 0 Å². The molecule has 1 aromatic rings. The van der Waals surface area contributed by atoms with E-state index in [0.717, 1.165) is 32.2 Å². The van der Waals surface area contributed by atoms with Crippen LogP contribution in [0.3, 0.4) is 0 Å². The Balaban J connectivity index is 1.59. The van der Waals surface area contributed by atoms with Crippen molar-refractivity contribution >= 4 is 5.91 Å². The van der Waals surface area contributed by atoms with E-state index in [-0.39, 0.29) is 24.2 Å². The van der Waals surface area contributed by atoms with E-state index in [1.807, 2.05) is 0 Å². The van der Waals surface area contributed by atoms with Crippen LogP contribution in [-0.2, 0) is 11.3 Å². The molecular weight excluding hydrogens is 335 g/mol. The second kappa shape index (κ2) is 9.21. The molecule has 144 valence electrons. The Bertz CT molecular complexity index is 611. The molecule has 0 unspecified atom stereocenters. The van der Waals surface area contributed by atoms with Crippen LogP contribution >= 0.6 is 0 Å². The number of nitrogens with one attached hydrogen (secondary N) is 2. The van der Waals surface area contributed by atoms with Crippen molar-refractivity contribution in [2.45, 2.75) is 57.5 Å². The lowest BCUT2D eigenvalue weighted by Crippen LogP contribution is -2.40. The minimum Gasteiger partial charge on any atom is -0.496 e. The molecule has 1 saturated heterocycles. The van der Waals surface area contributed by atoms with Crippen molar-refractivity contribution in [1.29, 1.82) is 0 Å². The fourth-order valence-electron chi connectivity index (χ4n) is 3.79. The maximum absolute atomic E-state index is 14.4. The van der Waals surface area contributed by atoms with Crippen LogP contribution in [0.5, 0.6) is 11.5 Å². The largest absolute Gasteiger partial charge is 0.496 e. The summed E-state index contributed by atoms with van der Waals surface area (Å²) in [5.41, 5.74) is 0.612. The highest BCUT2D eigenvalue weighted by Crippen LogP contribution is 2.30. The van der Waals surface area contributed by atoms with E-state index in [9.17, 15) is 9.18 Å². The van der Waals surface area contributed by atoms with Crippen LogP contribution in [-0.4, -0.2) is 32.2 Å². The zero-order chi connectivity index (χ0) is 18.4. The predicted molar refractivity (Wildman–Crippen MR) is 97.9 cm³/mol. The topological polar surface area (TPSA) is 59.6 Å². The molecule has 0 bridgehead atoms. The zero-order valence-corrected chi connectivity index (χ0v) is 15.5. The third kappa shape index (κ3) is 4.87. The highest BCUT2D eigenvalue weighted by molar-refractivity contribution is 5.82. The van der Waals surface area contributed by atoms with Gasteiger partial charge >= 0.3 is 0 Å². The first-order chi connectivity index (χ1) is 12.7. The van der Waals surface area contributed by atoms with Crippen molar-refractivity contribution in [2.24, 2.45) is 5.92 Å². The molecule has 2 N–H and O–H groups in total. The van der Waals surface area contributed by atoms with E-state index in [4.69, 9.17) is 9.47 Å². The Morgan fingerprint density at radius 1 is 1.19 bits per heavy atom. The van der Waals surface area contributed by atoms with Crippen LogP contribution in [0.4, 0.5) is 4.39 Å². The molecule has 1 aliphatic carbocycles. The molecule has 1 heterocycles. The lowest BCUT2D eigenvalue weighted by atomic mass is 9.90. The van der Waals surface area contributed by atoms with Gasteiger partial charge in [0.1, 0.15) is 5.75 Å².